The van der Waals surface area contributed by atoms with E-state index in [1.54, 1.807) is 0 Å². The third kappa shape index (κ3) is 3.71. The van der Waals surface area contributed by atoms with E-state index < -0.39 is 24.3 Å². The zero-order chi connectivity index (χ0) is 11.1. The first-order valence-corrected chi connectivity index (χ1v) is 3.87. The second-order valence-electron chi connectivity index (χ2n) is 2.39. The van der Waals surface area contributed by atoms with Crippen LogP contribution in [0.4, 0.5) is 0 Å². The maximum atomic E-state index is 11.1. The summed E-state index contributed by atoms with van der Waals surface area (Å²) in [4.78, 5) is 21.7. The number of hydrogen-bond acceptors (Lipinski definition) is 6. The molecule has 0 aromatic heterocycles. The molecule has 0 radical (unpaired) electrons. The van der Waals surface area contributed by atoms with Crippen LogP contribution in [0, 0.1) is 0 Å². The average Bonchev–Trinajstić information content (AvgIpc) is 2.16. The molecule has 0 saturated carbocycles. The van der Waals surface area contributed by atoms with Crippen LogP contribution in [0.25, 0.3) is 0 Å². The lowest BCUT2D eigenvalue weighted by Crippen LogP contribution is -2.40. The molecule has 2 atom stereocenters. The van der Waals surface area contributed by atoms with Crippen molar-refractivity contribution in [2.75, 3.05) is 21.3 Å². The molecule has 0 saturated heterocycles. The number of rotatable bonds is 5. The van der Waals surface area contributed by atoms with Crippen molar-refractivity contribution in [1.82, 2.24) is 0 Å². The number of carbonyl (C=O) groups excluding carboxylic acids is 2. The summed E-state index contributed by atoms with van der Waals surface area (Å²) in [6, 6.07) is 0. The maximum Gasteiger partial charge on any atom is 0.341 e. The first-order chi connectivity index (χ1) is 6.56. The highest BCUT2D eigenvalue weighted by Crippen LogP contribution is 2.06. The molecule has 0 aromatic rings. The molecule has 0 aliphatic rings. The monoisotopic (exact) mass is 206 g/mol. The summed E-state index contributed by atoms with van der Waals surface area (Å²) in [5, 5.41) is 0. The molecule has 2 unspecified atom stereocenters. The van der Waals surface area contributed by atoms with Crippen LogP contribution in [0.2, 0.25) is 0 Å². The standard InChI is InChI=1S/C8H14O6/c1-5(9)14-8(13-4)6(11-2)7(10)12-3/h6,8H,1-4H3. The molecule has 0 fully saturated rings. The summed E-state index contributed by atoms with van der Waals surface area (Å²) in [5.74, 6) is -1.23. The normalized spacial score (nSPS) is 14.3. The highest BCUT2D eigenvalue weighted by atomic mass is 16.7. The van der Waals surface area contributed by atoms with Gasteiger partial charge in [-0.05, 0) is 0 Å². The zero-order valence-corrected chi connectivity index (χ0v) is 8.60. The van der Waals surface area contributed by atoms with Gasteiger partial charge in [-0.1, -0.05) is 0 Å². The van der Waals surface area contributed by atoms with Crippen LogP contribution in [0.1, 0.15) is 6.92 Å². The van der Waals surface area contributed by atoms with Crippen molar-refractivity contribution in [1.29, 1.82) is 0 Å². The molecule has 14 heavy (non-hydrogen) atoms. The van der Waals surface area contributed by atoms with Crippen molar-refractivity contribution in [3.8, 4) is 0 Å². The van der Waals surface area contributed by atoms with Gasteiger partial charge in [-0.15, -0.1) is 0 Å². The quantitative estimate of drug-likeness (QED) is 0.454. The molecule has 0 aromatic carbocycles. The van der Waals surface area contributed by atoms with Crippen LogP contribution in [0.3, 0.4) is 0 Å². The van der Waals surface area contributed by atoms with Crippen LogP contribution in [0.15, 0.2) is 0 Å². The van der Waals surface area contributed by atoms with E-state index in [0.29, 0.717) is 0 Å². The van der Waals surface area contributed by atoms with Gasteiger partial charge in [0.25, 0.3) is 0 Å². The van der Waals surface area contributed by atoms with Crippen molar-refractivity contribution >= 4 is 11.9 Å². The highest BCUT2D eigenvalue weighted by molar-refractivity contribution is 5.75. The summed E-state index contributed by atoms with van der Waals surface area (Å²) < 4.78 is 18.7. The molecule has 82 valence electrons. The largest absolute Gasteiger partial charge is 0.467 e. The van der Waals surface area contributed by atoms with Gasteiger partial charge in [-0.25, -0.2) is 4.79 Å². The Kier molecular flexibility index (Phi) is 5.82. The third-order valence-electron chi connectivity index (χ3n) is 1.45. The van der Waals surface area contributed by atoms with Crippen molar-refractivity contribution in [3.05, 3.63) is 0 Å². The van der Waals surface area contributed by atoms with Gasteiger partial charge < -0.3 is 18.9 Å². The first kappa shape index (κ1) is 12.9. The molecule has 6 nitrogen and oxygen atoms in total. The minimum Gasteiger partial charge on any atom is -0.467 e. The average molecular weight is 206 g/mol. The fraction of sp³-hybridized carbons (Fsp3) is 0.750. The van der Waals surface area contributed by atoms with Crippen LogP contribution < -0.4 is 0 Å². The molecule has 0 heterocycles. The number of esters is 2. The molecular weight excluding hydrogens is 192 g/mol. The van der Waals surface area contributed by atoms with Gasteiger partial charge in [-0.2, -0.15) is 0 Å². The number of hydrogen-bond donors (Lipinski definition) is 0. The van der Waals surface area contributed by atoms with Crippen LogP contribution >= 0.6 is 0 Å². The fourth-order valence-corrected chi connectivity index (χ4v) is 0.832. The molecular formula is C8H14O6. The summed E-state index contributed by atoms with van der Waals surface area (Å²) in [7, 11) is 3.79. The van der Waals surface area contributed by atoms with E-state index in [1.165, 1.54) is 28.3 Å². The van der Waals surface area contributed by atoms with E-state index in [-0.39, 0.29) is 0 Å². The second-order valence-corrected chi connectivity index (χ2v) is 2.39. The van der Waals surface area contributed by atoms with Gasteiger partial charge in [-0.3, -0.25) is 4.79 Å². The number of carbonyl (C=O) groups is 2. The Hall–Kier alpha value is -1.14. The van der Waals surface area contributed by atoms with Crippen LogP contribution in [-0.2, 0) is 28.5 Å². The topological polar surface area (TPSA) is 71.1 Å². The summed E-state index contributed by atoms with van der Waals surface area (Å²) >= 11 is 0. The van der Waals surface area contributed by atoms with Gasteiger partial charge in [0.2, 0.25) is 12.4 Å². The molecule has 0 aliphatic carbocycles. The molecule has 0 N–H and O–H groups in total. The van der Waals surface area contributed by atoms with E-state index in [0.717, 1.165) is 0 Å². The smallest absolute Gasteiger partial charge is 0.341 e. The molecule has 0 rings (SSSR count). The van der Waals surface area contributed by atoms with Gasteiger partial charge in [0.1, 0.15) is 0 Å². The lowest BCUT2D eigenvalue weighted by atomic mass is 10.3. The minimum absolute atomic E-state index is 0.567. The number of methoxy groups -OCH3 is 3. The van der Waals surface area contributed by atoms with Gasteiger partial charge in [0.05, 0.1) is 7.11 Å². The molecule has 0 spiro atoms. The third-order valence-corrected chi connectivity index (χ3v) is 1.45. The lowest BCUT2D eigenvalue weighted by molar-refractivity contribution is -0.206. The van der Waals surface area contributed by atoms with Crippen molar-refractivity contribution in [2.45, 2.75) is 19.3 Å². The second kappa shape index (κ2) is 6.33. The van der Waals surface area contributed by atoms with Crippen LogP contribution in [-0.4, -0.2) is 45.7 Å². The Bertz CT molecular complexity index is 202. The van der Waals surface area contributed by atoms with E-state index in [4.69, 9.17) is 9.47 Å². The van der Waals surface area contributed by atoms with Crippen molar-refractivity contribution in [3.63, 3.8) is 0 Å². The Labute approximate surface area is 82.1 Å². The van der Waals surface area contributed by atoms with E-state index in [9.17, 15) is 9.59 Å². The molecule has 0 aliphatic heterocycles. The van der Waals surface area contributed by atoms with Gasteiger partial charge in [0, 0.05) is 21.1 Å². The molecule has 6 heteroatoms. The van der Waals surface area contributed by atoms with E-state index in [2.05, 4.69) is 9.47 Å². The Morgan fingerprint density at radius 1 is 1.07 bits per heavy atom. The fourth-order valence-electron chi connectivity index (χ4n) is 0.832. The minimum atomic E-state index is -1.09. The number of ether oxygens (including phenoxy) is 4. The van der Waals surface area contributed by atoms with Crippen LogP contribution in [0.5, 0.6) is 0 Å². The molecule has 0 bridgehead atoms. The molecule has 0 amide bonds. The SMILES string of the molecule is COC(=O)C(OC)C(OC)OC(C)=O. The van der Waals surface area contributed by atoms with E-state index >= 15 is 0 Å². The summed E-state index contributed by atoms with van der Waals surface area (Å²) in [6.07, 6.45) is -2.17. The van der Waals surface area contributed by atoms with Crippen molar-refractivity contribution in [2.24, 2.45) is 0 Å². The first-order valence-electron chi connectivity index (χ1n) is 3.87. The highest BCUT2D eigenvalue weighted by Gasteiger charge is 2.31. The predicted molar refractivity (Wildman–Crippen MR) is 45.4 cm³/mol. The zero-order valence-electron chi connectivity index (χ0n) is 8.60. The van der Waals surface area contributed by atoms with Gasteiger partial charge >= 0.3 is 11.9 Å². The summed E-state index contributed by atoms with van der Waals surface area (Å²) in [5.41, 5.74) is 0. The Morgan fingerprint density at radius 3 is 1.93 bits per heavy atom. The maximum absolute atomic E-state index is 11.1. The van der Waals surface area contributed by atoms with E-state index in [1.807, 2.05) is 0 Å². The lowest BCUT2D eigenvalue weighted by Gasteiger charge is -2.21. The van der Waals surface area contributed by atoms with Crippen molar-refractivity contribution < 1.29 is 28.5 Å². The predicted octanol–water partition coefficient (Wildman–Crippen LogP) is -0.290. The Morgan fingerprint density at radius 2 is 1.64 bits per heavy atom. The Balaban J connectivity index is 4.43. The summed E-state index contributed by atoms with van der Waals surface area (Å²) in [6.45, 7) is 1.20. The van der Waals surface area contributed by atoms with Gasteiger partial charge in [0.15, 0.2) is 0 Å².